The SMILES string of the molecule is CC(N)Cc1c(C(C)C)ccc(C(C)C)c1O. The second-order valence-corrected chi connectivity index (χ2v) is 5.56. The summed E-state index contributed by atoms with van der Waals surface area (Å²) in [5.74, 6) is 1.20. The van der Waals surface area contributed by atoms with Crippen molar-refractivity contribution >= 4 is 0 Å². The van der Waals surface area contributed by atoms with E-state index in [9.17, 15) is 5.11 Å². The van der Waals surface area contributed by atoms with Crippen LogP contribution >= 0.6 is 0 Å². The Morgan fingerprint density at radius 1 is 1.00 bits per heavy atom. The number of hydrogen-bond acceptors (Lipinski definition) is 2. The topological polar surface area (TPSA) is 46.2 Å². The Labute approximate surface area is 105 Å². The van der Waals surface area contributed by atoms with E-state index in [1.54, 1.807) is 0 Å². The molecule has 0 bridgehead atoms. The van der Waals surface area contributed by atoms with Gasteiger partial charge in [-0.3, -0.25) is 0 Å². The zero-order chi connectivity index (χ0) is 13.2. The third kappa shape index (κ3) is 3.22. The van der Waals surface area contributed by atoms with Gasteiger partial charge in [0.25, 0.3) is 0 Å². The average molecular weight is 235 g/mol. The van der Waals surface area contributed by atoms with E-state index in [0.29, 0.717) is 17.6 Å². The number of benzene rings is 1. The van der Waals surface area contributed by atoms with E-state index in [4.69, 9.17) is 5.73 Å². The molecule has 0 aromatic heterocycles. The molecule has 0 saturated carbocycles. The highest BCUT2D eigenvalue weighted by molar-refractivity contribution is 5.48. The van der Waals surface area contributed by atoms with Crippen molar-refractivity contribution in [2.24, 2.45) is 5.73 Å². The van der Waals surface area contributed by atoms with Crippen LogP contribution in [0.4, 0.5) is 0 Å². The van der Waals surface area contributed by atoms with E-state index in [-0.39, 0.29) is 6.04 Å². The molecular formula is C15H25NO. The molecule has 0 radical (unpaired) electrons. The lowest BCUT2D eigenvalue weighted by Crippen LogP contribution is -2.19. The van der Waals surface area contributed by atoms with Crippen LogP contribution in [-0.2, 0) is 6.42 Å². The summed E-state index contributed by atoms with van der Waals surface area (Å²) in [6, 6.07) is 4.25. The van der Waals surface area contributed by atoms with Crippen molar-refractivity contribution in [1.29, 1.82) is 0 Å². The van der Waals surface area contributed by atoms with Crippen molar-refractivity contribution in [1.82, 2.24) is 0 Å². The first-order valence-corrected chi connectivity index (χ1v) is 6.44. The van der Waals surface area contributed by atoms with E-state index in [1.165, 1.54) is 5.56 Å². The van der Waals surface area contributed by atoms with Gasteiger partial charge in [-0.2, -0.15) is 0 Å². The molecule has 1 rings (SSSR count). The fourth-order valence-electron chi connectivity index (χ4n) is 2.21. The summed E-state index contributed by atoms with van der Waals surface area (Å²) in [5.41, 5.74) is 9.14. The quantitative estimate of drug-likeness (QED) is 0.838. The number of hydrogen-bond donors (Lipinski definition) is 2. The number of phenolic OH excluding ortho intramolecular Hbond substituents is 1. The summed E-state index contributed by atoms with van der Waals surface area (Å²) in [6.07, 6.45) is 0.736. The second-order valence-electron chi connectivity index (χ2n) is 5.56. The number of phenols is 1. The zero-order valence-corrected chi connectivity index (χ0v) is 11.6. The Bertz CT molecular complexity index is 381. The summed E-state index contributed by atoms with van der Waals surface area (Å²) in [4.78, 5) is 0. The maximum absolute atomic E-state index is 10.4. The first-order chi connectivity index (χ1) is 7.84. The molecule has 0 heterocycles. The molecule has 0 aliphatic rings. The molecule has 0 amide bonds. The van der Waals surface area contributed by atoms with Gasteiger partial charge in [0.15, 0.2) is 0 Å². The average Bonchev–Trinajstić information content (AvgIpc) is 2.19. The van der Waals surface area contributed by atoms with Gasteiger partial charge in [-0.05, 0) is 41.9 Å². The molecule has 0 aliphatic carbocycles. The Kier molecular flexibility index (Phi) is 4.58. The van der Waals surface area contributed by atoms with E-state index >= 15 is 0 Å². The maximum atomic E-state index is 10.4. The minimum absolute atomic E-state index is 0.0702. The molecule has 1 atom stereocenters. The van der Waals surface area contributed by atoms with Gasteiger partial charge >= 0.3 is 0 Å². The minimum Gasteiger partial charge on any atom is -0.507 e. The molecule has 2 nitrogen and oxygen atoms in total. The Morgan fingerprint density at radius 3 is 1.88 bits per heavy atom. The molecule has 3 N–H and O–H groups in total. The van der Waals surface area contributed by atoms with Crippen molar-refractivity contribution < 1.29 is 5.11 Å². The monoisotopic (exact) mass is 235 g/mol. The van der Waals surface area contributed by atoms with Crippen LogP contribution in [0.3, 0.4) is 0 Å². The van der Waals surface area contributed by atoms with E-state index in [2.05, 4.69) is 33.8 Å². The molecule has 0 saturated heterocycles. The molecular weight excluding hydrogens is 210 g/mol. The van der Waals surface area contributed by atoms with Gasteiger partial charge in [-0.15, -0.1) is 0 Å². The largest absolute Gasteiger partial charge is 0.507 e. The number of rotatable bonds is 4. The molecule has 0 spiro atoms. The predicted octanol–water partition coefficient (Wildman–Crippen LogP) is 3.53. The normalized spacial score (nSPS) is 13.4. The van der Waals surface area contributed by atoms with Gasteiger partial charge in [-0.25, -0.2) is 0 Å². The molecule has 1 unspecified atom stereocenters. The van der Waals surface area contributed by atoms with Crippen LogP contribution in [0.1, 0.15) is 63.1 Å². The summed E-state index contributed by atoms with van der Waals surface area (Å²) < 4.78 is 0. The van der Waals surface area contributed by atoms with Crippen molar-refractivity contribution in [2.45, 2.75) is 58.9 Å². The van der Waals surface area contributed by atoms with Crippen LogP contribution in [0.2, 0.25) is 0 Å². The van der Waals surface area contributed by atoms with E-state index < -0.39 is 0 Å². The van der Waals surface area contributed by atoms with Crippen molar-refractivity contribution in [2.75, 3.05) is 0 Å². The first kappa shape index (κ1) is 14.0. The van der Waals surface area contributed by atoms with Gasteiger partial charge < -0.3 is 10.8 Å². The molecule has 1 aromatic carbocycles. The van der Waals surface area contributed by atoms with Gasteiger partial charge in [0.2, 0.25) is 0 Å². The highest BCUT2D eigenvalue weighted by Crippen LogP contribution is 2.35. The standard InChI is InChI=1S/C15H25NO/c1-9(2)12-6-7-13(10(3)4)15(17)14(12)8-11(5)16/h6-7,9-11,17H,8,16H2,1-5H3. The van der Waals surface area contributed by atoms with Crippen LogP contribution in [-0.4, -0.2) is 11.1 Å². The summed E-state index contributed by atoms with van der Waals surface area (Å²) in [5, 5.41) is 10.4. The zero-order valence-electron chi connectivity index (χ0n) is 11.6. The van der Waals surface area contributed by atoms with E-state index in [0.717, 1.165) is 17.5 Å². The highest BCUT2D eigenvalue weighted by Gasteiger charge is 2.17. The van der Waals surface area contributed by atoms with Crippen LogP contribution in [0.15, 0.2) is 12.1 Å². The van der Waals surface area contributed by atoms with Crippen molar-refractivity contribution in [3.05, 3.63) is 28.8 Å². The number of nitrogens with two attached hydrogens (primary N) is 1. The van der Waals surface area contributed by atoms with Crippen molar-refractivity contribution in [3.8, 4) is 5.75 Å². The lowest BCUT2D eigenvalue weighted by molar-refractivity contribution is 0.453. The summed E-state index contributed by atoms with van der Waals surface area (Å²) in [6.45, 7) is 10.5. The molecule has 0 fully saturated rings. The molecule has 2 heteroatoms. The fourth-order valence-corrected chi connectivity index (χ4v) is 2.21. The summed E-state index contributed by atoms with van der Waals surface area (Å²) >= 11 is 0. The molecule has 0 aliphatic heterocycles. The Morgan fingerprint density at radius 2 is 1.47 bits per heavy atom. The van der Waals surface area contributed by atoms with Crippen molar-refractivity contribution in [3.63, 3.8) is 0 Å². The third-order valence-electron chi connectivity index (χ3n) is 3.12. The van der Waals surface area contributed by atoms with Gasteiger partial charge in [-0.1, -0.05) is 39.8 Å². The molecule has 1 aromatic rings. The fraction of sp³-hybridized carbons (Fsp3) is 0.600. The maximum Gasteiger partial charge on any atom is 0.122 e. The Hall–Kier alpha value is -1.02. The van der Waals surface area contributed by atoms with Gasteiger partial charge in [0.05, 0.1) is 0 Å². The third-order valence-corrected chi connectivity index (χ3v) is 3.12. The molecule has 96 valence electrons. The van der Waals surface area contributed by atoms with Crippen LogP contribution in [0.5, 0.6) is 5.75 Å². The van der Waals surface area contributed by atoms with Crippen LogP contribution in [0.25, 0.3) is 0 Å². The summed E-state index contributed by atoms with van der Waals surface area (Å²) in [7, 11) is 0. The van der Waals surface area contributed by atoms with Crippen LogP contribution in [0, 0.1) is 0 Å². The molecule has 17 heavy (non-hydrogen) atoms. The highest BCUT2D eigenvalue weighted by atomic mass is 16.3. The Balaban J connectivity index is 3.31. The lowest BCUT2D eigenvalue weighted by Gasteiger charge is -2.20. The van der Waals surface area contributed by atoms with E-state index in [1.807, 2.05) is 13.0 Å². The number of aromatic hydroxyl groups is 1. The first-order valence-electron chi connectivity index (χ1n) is 6.44. The lowest BCUT2D eigenvalue weighted by atomic mass is 9.88. The predicted molar refractivity (Wildman–Crippen MR) is 73.6 cm³/mol. The second kappa shape index (κ2) is 5.54. The van der Waals surface area contributed by atoms with Gasteiger partial charge in [0.1, 0.15) is 5.75 Å². The smallest absolute Gasteiger partial charge is 0.122 e. The van der Waals surface area contributed by atoms with Gasteiger partial charge in [0, 0.05) is 6.04 Å². The van der Waals surface area contributed by atoms with Crippen LogP contribution < -0.4 is 5.73 Å². The minimum atomic E-state index is 0.0702.